The molecule has 0 radical (unpaired) electrons. The number of benzene rings is 1. The molecule has 0 aliphatic carbocycles. The van der Waals surface area contributed by atoms with Gasteiger partial charge in [0.2, 0.25) is 0 Å². The number of likely N-dealkylation sites (tertiary alicyclic amines) is 1. The van der Waals surface area contributed by atoms with Crippen LogP contribution >= 0.6 is 0 Å². The number of nitrogens with zero attached hydrogens (tertiary/aromatic N) is 1. The Balaban J connectivity index is 1.57. The zero-order valence-corrected chi connectivity index (χ0v) is 11.1. The number of rotatable bonds is 5. The summed E-state index contributed by atoms with van der Waals surface area (Å²) in [5.74, 6) is 0.751. The molecule has 4 nitrogen and oxygen atoms in total. The molecule has 4 heteroatoms. The van der Waals surface area contributed by atoms with Gasteiger partial charge in [-0.3, -0.25) is 0 Å². The number of hydrogen-bond donors (Lipinski definition) is 1. The van der Waals surface area contributed by atoms with Crippen molar-refractivity contribution >= 4 is 16.7 Å². The van der Waals surface area contributed by atoms with Gasteiger partial charge in [-0.1, -0.05) is 0 Å². The van der Waals surface area contributed by atoms with Gasteiger partial charge < -0.3 is 19.8 Å². The van der Waals surface area contributed by atoms with E-state index < -0.39 is 0 Å². The molecule has 2 aromatic rings. The van der Waals surface area contributed by atoms with E-state index in [1.165, 1.54) is 25.9 Å². The fourth-order valence-electron chi connectivity index (χ4n) is 2.65. The second-order valence-electron chi connectivity index (χ2n) is 5.11. The highest BCUT2D eigenvalue weighted by molar-refractivity contribution is 5.86. The third-order valence-corrected chi connectivity index (χ3v) is 3.61. The summed E-state index contributed by atoms with van der Waals surface area (Å²) in [6, 6.07) is 5.64. The minimum atomic E-state index is 0.704. The summed E-state index contributed by atoms with van der Waals surface area (Å²) < 4.78 is 11.3. The highest BCUT2D eigenvalue weighted by atomic mass is 16.5. The molecule has 2 N–H and O–H groups in total. The molecule has 1 aliphatic rings. The average Bonchev–Trinajstić information content (AvgIpc) is 3.04. The number of anilines is 1. The zero-order valence-electron chi connectivity index (χ0n) is 11.1. The lowest BCUT2D eigenvalue weighted by Crippen LogP contribution is -2.21. The Bertz CT molecular complexity index is 544. The van der Waals surface area contributed by atoms with Crippen LogP contribution in [0.1, 0.15) is 19.3 Å². The summed E-state index contributed by atoms with van der Waals surface area (Å²) in [6.07, 6.45) is 5.38. The van der Waals surface area contributed by atoms with Gasteiger partial charge in [-0.2, -0.15) is 0 Å². The SMILES string of the molecule is Nc1cc(OCCCN2CCCC2)c2occc2c1. The zero-order chi connectivity index (χ0) is 13.1. The Morgan fingerprint density at radius 1 is 1.26 bits per heavy atom. The van der Waals surface area contributed by atoms with E-state index >= 15 is 0 Å². The lowest BCUT2D eigenvalue weighted by Gasteiger charge is -2.14. The first kappa shape index (κ1) is 12.4. The first-order chi connectivity index (χ1) is 9.33. The van der Waals surface area contributed by atoms with Gasteiger partial charge in [0.25, 0.3) is 0 Å². The van der Waals surface area contributed by atoms with Crippen molar-refractivity contribution in [3.05, 3.63) is 24.5 Å². The van der Waals surface area contributed by atoms with Crippen LogP contribution in [0.5, 0.6) is 5.75 Å². The van der Waals surface area contributed by atoms with E-state index in [9.17, 15) is 0 Å². The third kappa shape index (κ3) is 2.84. The van der Waals surface area contributed by atoms with E-state index in [2.05, 4.69) is 4.90 Å². The molecule has 1 saturated heterocycles. The van der Waals surface area contributed by atoms with E-state index in [0.717, 1.165) is 29.7 Å². The van der Waals surface area contributed by atoms with Gasteiger partial charge in [-0.05, 0) is 44.5 Å². The molecule has 0 saturated carbocycles. The Hall–Kier alpha value is -1.68. The van der Waals surface area contributed by atoms with E-state index in [0.29, 0.717) is 12.3 Å². The van der Waals surface area contributed by atoms with Crippen LogP contribution in [0.25, 0.3) is 11.0 Å². The Morgan fingerprint density at radius 2 is 2.11 bits per heavy atom. The molecule has 1 aromatic heterocycles. The van der Waals surface area contributed by atoms with Crippen LogP contribution in [-0.2, 0) is 0 Å². The highest BCUT2D eigenvalue weighted by Crippen LogP contribution is 2.29. The predicted molar refractivity (Wildman–Crippen MR) is 76.4 cm³/mol. The smallest absolute Gasteiger partial charge is 0.175 e. The van der Waals surface area contributed by atoms with Crippen molar-refractivity contribution in [3.63, 3.8) is 0 Å². The van der Waals surface area contributed by atoms with E-state index in [1.807, 2.05) is 18.2 Å². The lowest BCUT2D eigenvalue weighted by molar-refractivity contribution is 0.263. The van der Waals surface area contributed by atoms with Crippen LogP contribution in [-0.4, -0.2) is 31.1 Å². The number of nitrogens with two attached hydrogens (primary N) is 1. The summed E-state index contributed by atoms with van der Waals surface area (Å²) in [7, 11) is 0. The van der Waals surface area contributed by atoms with Crippen molar-refractivity contribution in [1.82, 2.24) is 4.90 Å². The molecule has 102 valence electrons. The van der Waals surface area contributed by atoms with Gasteiger partial charge in [0.1, 0.15) is 0 Å². The molecule has 0 atom stereocenters. The second kappa shape index (κ2) is 5.53. The van der Waals surface area contributed by atoms with Crippen LogP contribution in [0.3, 0.4) is 0 Å². The van der Waals surface area contributed by atoms with E-state index in [4.69, 9.17) is 14.9 Å². The number of nitrogen functional groups attached to an aromatic ring is 1. The molecule has 1 aliphatic heterocycles. The molecule has 1 aromatic carbocycles. The maximum Gasteiger partial charge on any atom is 0.175 e. The monoisotopic (exact) mass is 260 g/mol. The third-order valence-electron chi connectivity index (χ3n) is 3.61. The fourth-order valence-corrected chi connectivity index (χ4v) is 2.65. The summed E-state index contributed by atoms with van der Waals surface area (Å²) in [6.45, 7) is 4.29. The topological polar surface area (TPSA) is 51.6 Å². The maximum absolute atomic E-state index is 5.86. The first-order valence-corrected chi connectivity index (χ1v) is 6.95. The minimum Gasteiger partial charge on any atom is -0.490 e. The predicted octanol–water partition coefficient (Wildman–Crippen LogP) is 2.88. The number of fused-ring (bicyclic) bond motifs is 1. The van der Waals surface area contributed by atoms with Crippen molar-refractivity contribution in [3.8, 4) is 5.75 Å². The van der Waals surface area contributed by atoms with Gasteiger partial charge >= 0.3 is 0 Å². The van der Waals surface area contributed by atoms with Gasteiger partial charge in [0.15, 0.2) is 11.3 Å². The second-order valence-corrected chi connectivity index (χ2v) is 5.11. The van der Waals surface area contributed by atoms with Crippen molar-refractivity contribution in [2.45, 2.75) is 19.3 Å². The van der Waals surface area contributed by atoms with Crippen LogP contribution in [0.2, 0.25) is 0 Å². The van der Waals surface area contributed by atoms with Crippen molar-refractivity contribution in [2.24, 2.45) is 0 Å². The van der Waals surface area contributed by atoms with Crippen molar-refractivity contribution in [2.75, 3.05) is 32.0 Å². The van der Waals surface area contributed by atoms with Crippen molar-refractivity contribution in [1.29, 1.82) is 0 Å². The lowest BCUT2D eigenvalue weighted by atomic mass is 10.2. The van der Waals surface area contributed by atoms with Crippen LogP contribution in [0.15, 0.2) is 28.9 Å². The van der Waals surface area contributed by atoms with Gasteiger partial charge in [0.05, 0.1) is 12.9 Å². The quantitative estimate of drug-likeness (QED) is 0.663. The molecule has 1 fully saturated rings. The fraction of sp³-hybridized carbons (Fsp3) is 0.467. The number of furan rings is 1. The van der Waals surface area contributed by atoms with Gasteiger partial charge in [0, 0.05) is 23.7 Å². The summed E-state index contributed by atoms with van der Waals surface area (Å²) in [4.78, 5) is 2.49. The van der Waals surface area contributed by atoms with E-state index in [1.54, 1.807) is 6.26 Å². The number of hydrogen-bond acceptors (Lipinski definition) is 4. The van der Waals surface area contributed by atoms with Gasteiger partial charge in [-0.25, -0.2) is 0 Å². The molecule has 0 unspecified atom stereocenters. The molecule has 0 spiro atoms. The van der Waals surface area contributed by atoms with E-state index in [-0.39, 0.29) is 0 Å². The average molecular weight is 260 g/mol. The molecule has 2 heterocycles. The molecule has 0 amide bonds. The minimum absolute atomic E-state index is 0.704. The summed E-state index contributed by atoms with van der Waals surface area (Å²) in [5, 5.41) is 0.995. The standard InChI is InChI=1S/C15H20N2O2/c16-13-10-12-4-9-19-15(12)14(11-13)18-8-3-7-17-5-1-2-6-17/h4,9-11H,1-3,5-8,16H2. The molecule has 0 bridgehead atoms. The molecule has 3 rings (SSSR count). The van der Waals surface area contributed by atoms with Crippen molar-refractivity contribution < 1.29 is 9.15 Å². The molecular formula is C15H20N2O2. The first-order valence-electron chi connectivity index (χ1n) is 6.95. The Kier molecular flexibility index (Phi) is 3.60. The van der Waals surface area contributed by atoms with Crippen LogP contribution < -0.4 is 10.5 Å². The summed E-state index contributed by atoms with van der Waals surface area (Å²) >= 11 is 0. The maximum atomic E-state index is 5.86. The van der Waals surface area contributed by atoms with Crippen LogP contribution in [0, 0.1) is 0 Å². The Labute approximate surface area is 113 Å². The van der Waals surface area contributed by atoms with Crippen LogP contribution in [0.4, 0.5) is 5.69 Å². The normalized spacial score (nSPS) is 16.2. The molecular weight excluding hydrogens is 240 g/mol. The summed E-state index contributed by atoms with van der Waals surface area (Å²) in [5.41, 5.74) is 7.36. The molecule has 19 heavy (non-hydrogen) atoms. The number of ether oxygens (including phenoxy) is 1. The highest BCUT2D eigenvalue weighted by Gasteiger charge is 2.11. The van der Waals surface area contributed by atoms with Gasteiger partial charge in [-0.15, -0.1) is 0 Å². The largest absolute Gasteiger partial charge is 0.490 e. The Morgan fingerprint density at radius 3 is 2.95 bits per heavy atom.